The summed E-state index contributed by atoms with van der Waals surface area (Å²) >= 11 is 0. The maximum Gasteiger partial charge on any atom is 0.159 e. The van der Waals surface area contributed by atoms with Crippen molar-refractivity contribution in [3.8, 4) is 55.6 Å². The highest BCUT2D eigenvalue weighted by Crippen LogP contribution is 2.51. The average Bonchev–Trinajstić information content (AvgIpc) is 1.62. The molecule has 6 nitrogen and oxygen atoms in total. The lowest BCUT2D eigenvalue weighted by molar-refractivity contribution is 0.660. The molecule has 6 heteroatoms. The number of hydrogen-bond donors (Lipinski definition) is 3. The second kappa shape index (κ2) is 24.0. The molecule has 93 heavy (non-hydrogen) atoms. The molecule has 18 rings (SSSR count). The molecule has 444 valence electrons. The third kappa shape index (κ3) is 10.6. The first kappa shape index (κ1) is 56.1. The molecule has 0 unspecified atom stereocenters. The second-order valence-corrected chi connectivity index (χ2v) is 24.1. The Morgan fingerprint density at radius 2 is 0.688 bits per heavy atom. The van der Waals surface area contributed by atoms with E-state index in [4.69, 9.17) is 13.3 Å². The van der Waals surface area contributed by atoms with Gasteiger partial charge in [0.1, 0.15) is 27.9 Å². The van der Waals surface area contributed by atoms with Gasteiger partial charge in [0, 0.05) is 60.5 Å². The summed E-state index contributed by atoms with van der Waals surface area (Å²) in [4.78, 5) is 0. The van der Waals surface area contributed by atoms with Crippen molar-refractivity contribution >= 4 is 99.9 Å². The van der Waals surface area contributed by atoms with Gasteiger partial charge in [0.2, 0.25) is 0 Å². The van der Waals surface area contributed by atoms with Crippen molar-refractivity contribution in [2.24, 2.45) is 0 Å². The van der Waals surface area contributed by atoms with Crippen LogP contribution in [0.15, 0.2) is 341 Å². The van der Waals surface area contributed by atoms with Crippen LogP contribution in [-0.4, -0.2) is 0 Å². The Hall–Kier alpha value is -12.1. The van der Waals surface area contributed by atoms with Crippen molar-refractivity contribution in [1.29, 1.82) is 0 Å². The van der Waals surface area contributed by atoms with Crippen molar-refractivity contribution < 1.29 is 13.3 Å². The zero-order chi connectivity index (χ0) is 62.2. The molecule has 3 heterocycles. The number of furan rings is 3. The molecule has 0 radical (unpaired) electrons. The smallest absolute Gasteiger partial charge is 0.159 e. The van der Waals surface area contributed by atoms with Gasteiger partial charge in [-0.1, -0.05) is 250 Å². The average molecular weight is 1200 g/mol. The van der Waals surface area contributed by atoms with Gasteiger partial charge in [-0.05, 0) is 147 Å². The van der Waals surface area contributed by atoms with Gasteiger partial charge in [-0.3, -0.25) is 0 Å². The molecule has 0 fully saturated rings. The van der Waals surface area contributed by atoms with Crippen LogP contribution in [0.1, 0.15) is 25.0 Å². The molecular formula is C87H63N3O3. The molecular weight excluding hydrogens is 1130 g/mol. The first-order valence-electron chi connectivity index (χ1n) is 31.6. The Labute approximate surface area is 539 Å². The standard InChI is InChI=1S/C39H29NO.2C24H17NO/c1-39(2)33-14-8-6-12-30(33)32-24-27(18-22-34(32)39)29-21-23-35(37-31-13-7-9-15-36(31)41-38(29)37)40-28-19-16-26(17-20-28)25-10-4-3-5-11-25;1-3-9-17(10-4-1)19-15-16-21(25-18-11-5-2-6-12-18)24-23(19)20-13-7-8-14-22(20)26-24;1-3-9-17(10-4-1)23-21(25-18-11-5-2-6-12-18)16-15-20-19-13-7-8-14-22(19)26-24(20)23/h3-24,40H,1-2H3;2*1-16,25H. The predicted molar refractivity (Wildman–Crippen MR) is 390 cm³/mol. The van der Waals surface area contributed by atoms with Gasteiger partial charge in [0.15, 0.2) is 5.58 Å². The largest absolute Gasteiger partial charge is 0.455 e. The summed E-state index contributed by atoms with van der Waals surface area (Å²) in [5.74, 6) is 0. The van der Waals surface area contributed by atoms with Crippen LogP contribution in [0.4, 0.5) is 34.1 Å². The van der Waals surface area contributed by atoms with Crippen LogP contribution in [0.25, 0.3) is 121 Å². The van der Waals surface area contributed by atoms with Crippen LogP contribution in [0, 0.1) is 0 Å². The van der Waals surface area contributed by atoms with Crippen LogP contribution in [-0.2, 0) is 5.41 Å². The second-order valence-electron chi connectivity index (χ2n) is 24.1. The van der Waals surface area contributed by atoms with Gasteiger partial charge in [-0.15, -0.1) is 0 Å². The molecule has 0 saturated heterocycles. The summed E-state index contributed by atoms with van der Waals surface area (Å²) in [6, 6.07) is 114. The normalized spacial score (nSPS) is 12.1. The van der Waals surface area contributed by atoms with Crippen molar-refractivity contribution in [3.05, 3.63) is 339 Å². The Balaban J connectivity index is 0.000000116. The van der Waals surface area contributed by atoms with Crippen LogP contribution >= 0.6 is 0 Å². The first-order chi connectivity index (χ1) is 45.9. The fourth-order valence-corrected chi connectivity index (χ4v) is 13.5. The lowest BCUT2D eigenvalue weighted by atomic mass is 9.82. The van der Waals surface area contributed by atoms with E-state index in [9.17, 15) is 0 Å². The van der Waals surface area contributed by atoms with Gasteiger partial charge < -0.3 is 29.2 Å². The highest BCUT2D eigenvalue weighted by Gasteiger charge is 2.35. The summed E-state index contributed by atoms with van der Waals surface area (Å²) < 4.78 is 19.1. The molecule has 14 aromatic carbocycles. The van der Waals surface area contributed by atoms with Gasteiger partial charge >= 0.3 is 0 Å². The van der Waals surface area contributed by atoms with E-state index in [1.54, 1.807) is 0 Å². The minimum Gasteiger partial charge on any atom is -0.455 e. The van der Waals surface area contributed by atoms with Gasteiger partial charge in [-0.2, -0.15) is 0 Å². The first-order valence-corrected chi connectivity index (χ1v) is 31.6. The summed E-state index contributed by atoms with van der Waals surface area (Å²) in [6.45, 7) is 4.64. The topological polar surface area (TPSA) is 75.5 Å². The SMILES string of the molecule is CC1(C)c2ccccc2-c2cc(-c3ccc(Nc4ccc(-c5ccccc5)cc4)c4c3oc3ccccc34)ccc21.c1ccc(Nc2ccc(-c3ccccc3)c3c2oc2ccccc23)cc1.c1ccc(Nc2ccc3c(oc4ccccc43)c2-c2ccccc2)cc1. The molecule has 3 N–H and O–H groups in total. The number of rotatable bonds is 10. The van der Waals surface area contributed by atoms with E-state index in [0.717, 1.165) is 117 Å². The summed E-state index contributed by atoms with van der Waals surface area (Å²) in [7, 11) is 0. The number of hydrogen-bond acceptors (Lipinski definition) is 6. The Morgan fingerprint density at radius 3 is 1.35 bits per heavy atom. The summed E-state index contributed by atoms with van der Waals surface area (Å²) in [5, 5.41) is 17.5. The number of benzene rings is 14. The van der Waals surface area contributed by atoms with Crippen molar-refractivity contribution in [2.75, 3.05) is 16.0 Å². The Bertz CT molecular complexity index is 5540. The van der Waals surface area contributed by atoms with Gasteiger partial charge in [0.25, 0.3) is 0 Å². The van der Waals surface area contributed by atoms with E-state index in [2.05, 4.69) is 272 Å². The lowest BCUT2D eigenvalue weighted by Gasteiger charge is -2.21. The maximum absolute atomic E-state index is 6.58. The van der Waals surface area contributed by atoms with Crippen molar-refractivity contribution in [2.45, 2.75) is 19.3 Å². The van der Waals surface area contributed by atoms with Crippen LogP contribution in [0.2, 0.25) is 0 Å². The molecule has 0 amide bonds. The van der Waals surface area contributed by atoms with Crippen molar-refractivity contribution in [1.82, 2.24) is 0 Å². The van der Waals surface area contributed by atoms with Crippen molar-refractivity contribution in [3.63, 3.8) is 0 Å². The molecule has 0 spiro atoms. The third-order valence-corrected chi connectivity index (χ3v) is 18.0. The number of anilines is 6. The zero-order valence-electron chi connectivity index (χ0n) is 51.4. The highest BCUT2D eigenvalue weighted by molar-refractivity contribution is 6.18. The van der Waals surface area contributed by atoms with E-state index >= 15 is 0 Å². The molecule has 0 saturated carbocycles. The van der Waals surface area contributed by atoms with E-state index in [0.29, 0.717) is 0 Å². The fraction of sp³-hybridized carbons (Fsp3) is 0.0345. The predicted octanol–water partition coefficient (Wildman–Crippen LogP) is 25.0. The van der Waals surface area contributed by atoms with E-state index in [-0.39, 0.29) is 5.41 Å². The fourth-order valence-electron chi connectivity index (χ4n) is 13.5. The third-order valence-electron chi connectivity index (χ3n) is 18.0. The molecule has 3 aromatic heterocycles. The number of para-hydroxylation sites is 5. The molecule has 1 aliphatic rings. The molecule has 1 aliphatic carbocycles. The monoisotopic (exact) mass is 1200 g/mol. The molecule has 0 aliphatic heterocycles. The molecule has 0 bridgehead atoms. The Morgan fingerprint density at radius 1 is 0.247 bits per heavy atom. The Kier molecular flexibility index (Phi) is 14.5. The summed E-state index contributed by atoms with van der Waals surface area (Å²) in [5.41, 5.74) is 26.3. The minimum absolute atomic E-state index is 0.0109. The summed E-state index contributed by atoms with van der Waals surface area (Å²) in [6.07, 6.45) is 0. The van der Waals surface area contributed by atoms with Gasteiger partial charge in [0.05, 0.1) is 22.4 Å². The minimum atomic E-state index is -0.0109. The van der Waals surface area contributed by atoms with Crippen LogP contribution in [0.3, 0.4) is 0 Å². The highest BCUT2D eigenvalue weighted by atomic mass is 16.3. The zero-order valence-corrected chi connectivity index (χ0v) is 51.4. The molecule has 0 atom stereocenters. The number of fused-ring (bicyclic) bond motifs is 12. The van der Waals surface area contributed by atoms with Crippen LogP contribution < -0.4 is 16.0 Å². The van der Waals surface area contributed by atoms with E-state index in [1.807, 2.05) is 84.9 Å². The van der Waals surface area contributed by atoms with Gasteiger partial charge in [-0.25, -0.2) is 0 Å². The lowest BCUT2D eigenvalue weighted by Crippen LogP contribution is -2.14. The number of nitrogens with one attached hydrogen (secondary N) is 3. The maximum atomic E-state index is 6.58. The van der Waals surface area contributed by atoms with Crippen LogP contribution in [0.5, 0.6) is 0 Å². The molecule has 17 aromatic rings. The van der Waals surface area contributed by atoms with E-state index in [1.165, 1.54) is 50.1 Å². The quantitative estimate of drug-likeness (QED) is 0.127. The van der Waals surface area contributed by atoms with E-state index < -0.39 is 0 Å².